The molecule has 0 heterocycles. The molecule has 1 rings (SSSR count). The Morgan fingerprint density at radius 2 is 1.79 bits per heavy atom. The molecule has 0 saturated heterocycles. The first kappa shape index (κ1) is 15.2. The zero-order valence-electron chi connectivity index (χ0n) is 11.7. The van der Waals surface area contributed by atoms with Crippen molar-refractivity contribution in [3.63, 3.8) is 0 Å². The molecule has 4 heteroatoms. The first-order valence-electron chi connectivity index (χ1n) is 6.57. The number of aliphatic carboxylic acids is 1. The fourth-order valence-corrected chi connectivity index (χ4v) is 2.24. The first-order valence-corrected chi connectivity index (χ1v) is 6.57. The van der Waals surface area contributed by atoms with E-state index in [2.05, 4.69) is 0 Å². The highest BCUT2D eigenvalue weighted by Crippen LogP contribution is 2.25. The van der Waals surface area contributed by atoms with Crippen LogP contribution in [0.1, 0.15) is 37.3 Å². The van der Waals surface area contributed by atoms with E-state index in [1.54, 1.807) is 4.90 Å². The van der Waals surface area contributed by atoms with E-state index in [4.69, 9.17) is 5.11 Å². The van der Waals surface area contributed by atoms with Crippen LogP contribution in [0.5, 0.6) is 0 Å². The van der Waals surface area contributed by atoms with Gasteiger partial charge in [0.25, 0.3) is 0 Å². The molecule has 0 bridgehead atoms. The summed E-state index contributed by atoms with van der Waals surface area (Å²) in [6, 6.07) is 7.47. The van der Waals surface area contributed by atoms with E-state index in [0.29, 0.717) is 13.1 Å². The third-order valence-electron chi connectivity index (χ3n) is 3.32. The van der Waals surface area contributed by atoms with Crippen molar-refractivity contribution in [1.29, 1.82) is 0 Å². The quantitative estimate of drug-likeness (QED) is 0.857. The number of nitrogens with zero attached hydrogens (tertiary/aromatic N) is 1. The van der Waals surface area contributed by atoms with Crippen LogP contribution in [-0.2, 0) is 9.59 Å². The lowest BCUT2D eigenvalue weighted by Gasteiger charge is -2.25. The maximum atomic E-state index is 12.5. The Balaban J connectivity index is 3.11. The Labute approximate surface area is 114 Å². The predicted molar refractivity (Wildman–Crippen MR) is 74.1 cm³/mol. The van der Waals surface area contributed by atoms with Crippen LogP contribution in [0.2, 0.25) is 0 Å². The van der Waals surface area contributed by atoms with Gasteiger partial charge in [-0.1, -0.05) is 24.3 Å². The van der Waals surface area contributed by atoms with Crippen molar-refractivity contribution in [2.24, 2.45) is 0 Å². The highest BCUT2D eigenvalue weighted by molar-refractivity contribution is 5.88. The van der Waals surface area contributed by atoms with Crippen LogP contribution in [0.25, 0.3) is 0 Å². The molecule has 104 valence electrons. The zero-order valence-corrected chi connectivity index (χ0v) is 11.7. The first-order chi connectivity index (χ1) is 9.01. The van der Waals surface area contributed by atoms with Crippen molar-refractivity contribution >= 4 is 11.9 Å². The standard InChI is InChI=1S/C15H21NO3/c1-4-16(5-2)15(19)13(10-14(17)18)12-9-7-6-8-11(12)3/h6-9,13H,4-5,10H2,1-3H3,(H,17,18). The Bertz CT molecular complexity index is 452. The van der Waals surface area contributed by atoms with Crippen molar-refractivity contribution in [3.8, 4) is 0 Å². The zero-order chi connectivity index (χ0) is 14.4. The van der Waals surface area contributed by atoms with E-state index in [9.17, 15) is 9.59 Å². The minimum atomic E-state index is -0.950. The average molecular weight is 263 g/mol. The van der Waals surface area contributed by atoms with Gasteiger partial charge in [-0.15, -0.1) is 0 Å². The summed E-state index contributed by atoms with van der Waals surface area (Å²) < 4.78 is 0. The molecule has 1 amide bonds. The number of carbonyl (C=O) groups is 2. The largest absolute Gasteiger partial charge is 0.481 e. The molecule has 0 aromatic heterocycles. The second-order valence-electron chi connectivity index (χ2n) is 4.52. The third-order valence-corrected chi connectivity index (χ3v) is 3.32. The van der Waals surface area contributed by atoms with Gasteiger partial charge < -0.3 is 10.0 Å². The molecule has 1 atom stereocenters. The van der Waals surface area contributed by atoms with Gasteiger partial charge in [-0.2, -0.15) is 0 Å². The van der Waals surface area contributed by atoms with Gasteiger partial charge in [0.05, 0.1) is 12.3 Å². The second kappa shape index (κ2) is 6.92. The molecule has 0 radical (unpaired) electrons. The average Bonchev–Trinajstić information content (AvgIpc) is 2.38. The summed E-state index contributed by atoms with van der Waals surface area (Å²) in [5.74, 6) is -1.66. The number of benzene rings is 1. The Hall–Kier alpha value is -1.84. The normalized spacial score (nSPS) is 11.9. The highest BCUT2D eigenvalue weighted by Gasteiger charge is 2.27. The summed E-state index contributed by atoms with van der Waals surface area (Å²) in [5, 5.41) is 9.04. The number of hydrogen-bond donors (Lipinski definition) is 1. The van der Waals surface area contributed by atoms with Gasteiger partial charge in [0.15, 0.2) is 0 Å². The maximum absolute atomic E-state index is 12.5. The Morgan fingerprint density at radius 1 is 1.21 bits per heavy atom. The molecule has 1 aromatic carbocycles. The lowest BCUT2D eigenvalue weighted by molar-refractivity contribution is -0.142. The third kappa shape index (κ3) is 3.81. The van der Waals surface area contributed by atoms with Crippen LogP contribution in [0.4, 0.5) is 0 Å². The fourth-order valence-electron chi connectivity index (χ4n) is 2.24. The van der Waals surface area contributed by atoms with Crippen molar-refractivity contribution in [2.45, 2.75) is 33.1 Å². The number of carboxylic acids is 1. The number of hydrogen-bond acceptors (Lipinski definition) is 2. The molecule has 19 heavy (non-hydrogen) atoms. The number of rotatable bonds is 6. The summed E-state index contributed by atoms with van der Waals surface area (Å²) in [4.78, 5) is 25.2. The van der Waals surface area contributed by atoms with E-state index >= 15 is 0 Å². The summed E-state index contributed by atoms with van der Waals surface area (Å²) in [6.45, 7) is 6.89. The van der Waals surface area contributed by atoms with Crippen LogP contribution in [0.3, 0.4) is 0 Å². The molecule has 0 fully saturated rings. The molecular weight excluding hydrogens is 242 g/mol. The molecule has 1 N–H and O–H groups in total. The van der Waals surface area contributed by atoms with E-state index in [1.807, 2.05) is 45.0 Å². The van der Waals surface area contributed by atoms with Gasteiger partial charge in [-0.05, 0) is 31.9 Å². The topological polar surface area (TPSA) is 57.6 Å². The van der Waals surface area contributed by atoms with E-state index < -0.39 is 11.9 Å². The molecule has 0 saturated carbocycles. The number of carboxylic acid groups (broad SMARTS) is 1. The van der Waals surface area contributed by atoms with Gasteiger partial charge in [0.1, 0.15) is 0 Å². The molecule has 1 aromatic rings. The number of amides is 1. The number of aryl methyl sites for hydroxylation is 1. The molecule has 1 unspecified atom stereocenters. The van der Waals surface area contributed by atoms with Crippen LogP contribution < -0.4 is 0 Å². The highest BCUT2D eigenvalue weighted by atomic mass is 16.4. The van der Waals surface area contributed by atoms with Crippen molar-refractivity contribution in [1.82, 2.24) is 4.90 Å². The monoisotopic (exact) mass is 263 g/mol. The van der Waals surface area contributed by atoms with E-state index in [1.165, 1.54) is 0 Å². The second-order valence-corrected chi connectivity index (χ2v) is 4.52. The molecule has 0 aliphatic heterocycles. The fraction of sp³-hybridized carbons (Fsp3) is 0.467. The number of carbonyl (C=O) groups excluding carboxylic acids is 1. The molecule has 4 nitrogen and oxygen atoms in total. The molecular formula is C15H21NO3. The summed E-state index contributed by atoms with van der Waals surface area (Å²) in [7, 11) is 0. The van der Waals surface area contributed by atoms with E-state index in [-0.39, 0.29) is 12.3 Å². The Morgan fingerprint density at radius 3 is 2.26 bits per heavy atom. The Kier molecular flexibility index (Phi) is 5.55. The predicted octanol–water partition coefficient (Wildman–Crippen LogP) is 2.42. The van der Waals surface area contributed by atoms with E-state index in [0.717, 1.165) is 11.1 Å². The van der Waals surface area contributed by atoms with Crippen LogP contribution in [0, 0.1) is 6.92 Å². The molecule has 0 aliphatic carbocycles. The summed E-state index contributed by atoms with van der Waals surface area (Å²) in [5.41, 5.74) is 1.76. The van der Waals surface area contributed by atoms with Gasteiger partial charge >= 0.3 is 5.97 Å². The van der Waals surface area contributed by atoms with Gasteiger partial charge in [0.2, 0.25) is 5.91 Å². The molecule has 0 aliphatic rings. The van der Waals surface area contributed by atoms with Gasteiger partial charge in [0, 0.05) is 13.1 Å². The van der Waals surface area contributed by atoms with Crippen LogP contribution in [0.15, 0.2) is 24.3 Å². The number of likely N-dealkylation sites (N-methyl/N-ethyl adjacent to an activating group) is 1. The summed E-state index contributed by atoms with van der Waals surface area (Å²) >= 11 is 0. The van der Waals surface area contributed by atoms with Gasteiger partial charge in [-0.25, -0.2) is 0 Å². The van der Waals surface area contributed by atoms with Crippen molar-refractivity contribution in [2.75, 3.05) is 13.1 Å². The lowest BCUT2D eigenvalue weighted by Crippen LogP contribution is -2.36. The minimum absolute atomic E-state index is 0.110. The smallest absolute Gasteiger partial charge is 0.304 e. The van der Waals surface area contributed by atoms with Crippen LogP contribution in [-0.4, -0.2) is 35.0 Å². The van der Waals surface area contributed by atoms with Crippen LogP contribution >= 0.6 is 0 Å². The van der Waals surface area contributed by atoms with Crippen molar-refractivity contribution in [3.05, 3.63) is 35.4 Å². The lowest BCUT2D eigenvalue weighted by atomic mass is 9.90. The summed E-state index contributed by atoms with van der Waals surface area (Å²) in [6.07, 6.45) is -0.166. The maximum Gasteiger partial charge on any atom is 0.304 e. The van der Waals surface area contributed by atoms with Crippen molar-refractivity contribution < 1.29 is 14.7 Å². The SMILES string of the molecule is CCN(CC)C(=O)C(CC(=O)O)c1ccccc1C. The molecule has 0 spiro atoms. The van der Waals surface area contributed by atoms with Gasteiger partial charge in [-0.3, -0.25) is 9.59 Å². The minimum Gasteiger partial charge on any atom is -0.481 e.